The smallest absolute Gasteiger partial charge is 0.123 e. The number of nitrogens with zero attached hydrogens (tertiary/aromatic N) is 1. The summed E-state index contributed by atoms with van der Waals surface area (Å²) in [6.45, 7) is 3.74. The fourth-order valence-electron chi connectivity index (χ4n) is 2.14. The third-order valence-electron chi connectivity index (χ3n) is 3.15. The molecule has 0 aromatic heterocycles. The van der Waals surface area contributed by atoms with Crippen LogP contribution in [0.5, 0.6) is 5.75 Å². The molecule has 1 atom stereocenters. The van der Waals surface area contributed by atoms with Crippen LogP contribution in [0.1, 0.15) is 11.6 Å². The van der Waals surface area contributed by atoms with E-state index in [1.165, 1.54) is 0 Å². The van der Waals surface area contributed by atoms with Crippen molar-refractivity contribution in [3.8, 4) is 5.75 Å². The molecule has 1 unspecified atom stereocenters. The number of nitrogens with two attached hydrogens (primary N) is 1. The Labute approximate surface area is 122 Å². The number of ether oxygens (including phenoxy) is 2. The lowest BCUT2D eigenvalue weighted by atomic mass is 10.1. The van der Waals surface area contributed by atoms with Gasteiger partial charge in [0.1, 0.15) is 5.75 Å². The summed E-state index contributed by atoms with van der Waals surface area (Å²) in [5.74, 6) is 0.847. The molecule has 0 bridgehead atoms. The van der Waals surface area contributed by atoms with Crippen LogP contribution in [0.2, 0.25) is 0 Å². The Morgan fingerprint density at radius 3 is 2.84 bits per heavy atom. The zero-order chi connectivity index (χ0) is 13.7. The SMILES string of the molecule is COc1ccc(Br)cc1C(CN)NN1CCOCC1. The molecule has 1 fully saturated rings. The molecule has 1 aromatic rings. The Morgan fingerprint density at radius 2 is 2.21 bits per heavy atom. The lowest BCUT2D eigenvalue weighted by molar-refractivity contribution is 0.00388. The number of rotatable bonds is 5. The van der Waals surface area contributed by atoms with Gasteiger partial charge in [-0.3, -0.25) is 0 Å². The molecule has 2 rings (SSSR count). The fourth-order valence-corrected chi connectivity index (χ4v) is 2.52. The zero-order valence-electron chi connectivity index (χ0n) is 11.1. The Balaban J connectivity index is 2.13. The van der Waals surface area contributed by atoms with Gasteiger partial charge in [-0.25, -0.2) is 10.4 Å². The van der Waals surface area contributed by atoms with Crippen molar-refractivity contribution in [2.75, 3.05) is 40.0 Å². The summed E-state index contributed by atoms with van der Waals surface area (Å²) in [5, 5.41) is 2.15. The average Bonchev–Trinajstić information content (AvgIpc) is 2.46. The largest absolute Gasteiger partial charge is 0.496 e. The lowest BCUT2D eigenvalue weighted by Crippen LogP contribution is -2.48. The minimum absolute atomic E-state index is 0.0329. The molecule has 106 valence electrons. The maximum absolute atomic E-state index is 5.90. The molecule has 19 heavy (non-hydrogen) atoms. The van der Waals surface area contributed by atoms with Crippen molar-refractivity contribution < 1.29 is 9.47 Å². The molecule has 1 aliphatic rings. The first kappa shape index (κ1) is 14.7. The van der Waals surface area contributed by atoms with Crippen molar-refractivity contribution in [1.82, 2.24) is 10.4 Å². The Morgan fingerprint density at radius 1 is 1.47 bits per heavy atom. The van der Waals surface area contributed by atoms with Crippen LogP contribution in [0.15, 0.2) is 22.7 Å². The van der Waals surface area contributed by atoms with E-state index in [0.717, 1.165) is 42.1 Å². The quantitative estimate of drug-likeness (QED) is 0.852. The first-order valence-corrected chi connectivity index (χ1v) is 7.16. The molecule has 0 amide bonds. The predicted octanol–water partition coefficient (Wildman–Crippen LogP) is 1.29. The van der Waals surface area contributed by atoms with E-state index in [-0.39, 0.29) is 6.04 Å². The molecular weight excluding hydrogens is 310 g/mol. The molecule has 5 nitrogen and oxygen atoms in total. The van der Waals surface area contributed by atoms with E-state index in [4.69, 9.17) is 15.2 Å². The van der Waals surface area contributed by atoms with E-state index in [1.807, 2.05) is 18.2 Å². The van der Waals surface area contributed by atoms with E-state index in [1.54, 1.807) is 7.11 Å². The Bertz CT molecular complexity index is 411. The number of benzene rings is 1. The average molecular weight is 330 g/mol. The molecule has 0 saturated carbocycles. The van der Waals surface area contributed by atoms with Crippen LogP contribution in [-0.4, -0.2) is 45.0 Å². The van der Waals surface area contributed by atoms with Gasteiger partial charge < -0.3 is 15.2 Å². The molecule has 1 aromatic carbocycles. The molecule has 1 saturated heterocycles. The maximum atomic E-state index is 5.90. The monoisotopic (exact) mass is 329 g/mol. The van der Waals surface area contributed by atoms with Crippen LogP contribution >= 0.6 is 15.9 Å². The first-order chi connectivity index (χ1) is 9.24. The Hall–Kier alpha value is -0.660. The van der Waals surface area contributed by atoms with Crippen LogP contribution < -0.4 is 15.9 Å². The van der Waals surface area contributed by atoms with Gasteiger partial charge in [-0.15, -0.1) is 0 Å². The van der Waals surface area contributed by atoms with Crippen LogP contribution in [0.3, 0.4) is 0 Å². The second-order valence-electron chi connectivity index (χ2n) is 4.40. The number of methoxy groups -OCH3 is 1. The lowest BCUT2D eigenvalue weighted by Gasteiger charge is -2.32. The topological polar surface area (TPSA) is 59.8 Å². The summed E-state index contributed by atoms with van der Waals surface area (Å²) in [5.41, 5.74) is 10.4. The highest BCUT2D eigenvalue weighted by molar-refractivity contribution is 9.10. The molecule has 0 spiro atoms. The van der Waals surface area contributed by atoms with Crippen LogP contribution in [0.4, 0.5) is 0 Å². The molecule has 1 aliphatic heterocycles. The molecular formula is C13H20BrN3O2. The van der Waals surface area contributed by atoms with E-state index >= 15 is 0 Å². The van der Waals surface area contributed by atoms with Gasteiger partial charge in [0, 0.05) is 29.7 Å². The van der Waals surface area contributed by atoms with Crippen molar-refractivity contribution in [2.24, 2.45) is 5.73 Å². The van der Waals surface area contributed by atoms with Gasteiger partial charge in [0.2, 0.25) is 0 Å². The van der Waals surface area contributed by atoms with Crippen molar-refractivity contribution >= 4 is 15.9 Å². The number of morpholine rings is 1. The molecule has 3 N–H and O–H groups in total. The van der Waals surface area contributed by atoms with Gasteiger partial charge in [-0.2, -0.15) is 0 Å². The van der Waals surface area contributed by atoms with Crippen molar-refractivity contribution in [3.63, 3.8) is 0 Å². The van der Waals surface area contributed by atoms with Gasteiger partial charge in [-0.05, 0) is 18.2 Å². The normalized spacial score (nSPS) is 18.3. The number of nitrogens with one attached hydrogen (secondary N) is 1. The standard InChI is InChI=1S/C13H20BrN3O2/c1-18-13-3-2-10(14)8-11(13)12(9-15)16-17-4-6-19-7-5-17/h2-3,8,12,16H,4-7,9,15H2,1H3. The predicted molar refractivity (Wildman–Crippen MR) is 78.0 cm³/mol. The van der Waals surface area contributed by atoms with Crippen molar-refractivity contribution in [1.29, 1.82) is 0 Å². The van der Waals surface area contributed by atoms with E-state index in [2.05, 4.69) is 26.4 Å². The molecule has 1 heterocycles. The number of hydrogen-bond donors (Lipinski definition) is 2. The zero-order valence-corrected chi connectivity index (χ0v) is 12.6. The summed E-state index contributed by atoms with van der Waals surface area (Å²) in [4.78, 5) is 0. The van der Waals surface area contributed by atoms with Crippen LogP contribution in [-0.2, 0) is 4.74 Å². The minimum atomic E-state index is 0.0329. The number of hydrogen-bond acceptors (Lipinski definition) is 5. The van der Waals surface area contributed by atoms with Crippen molar-refractivity contribution in [2.45, 2.75) is 6.04 Å². The second kappa shape index (κ2) is 7.21. The van der Waals surface area contributed by atoms with Gasteiger partial charge >= 0.3 is 0 Å². The highest BCUT2D eigenvalue weighted by Gasteiger charge is 2.19. The van der Waals surface area contributed by atoms with Gasteiger partial charge in [0.05, 0.1) is 26.4 Å². The molecule has 0 radical (unpaired) electrons. The number of halogens is 1. The van der Waals surface area contributed by atoms with Crippen LogP contribution in [0.25, 0.3) is 0 Å². The minimum Gasteiger partial charge on any atom is -0.496 e. The third kappa shape index (κ3) is 3.90. The van der Waals surface area contributed by atoms with Gasteiger partial charge in [0.25, 0.3) is 0 Å². The third-order valence-corrected chi connectivity index (χ3v) is 3.65. The summed E-state index contributed by atoms with van der Waals surface area (Å²) in [7, 11) is 1.68. The first-order valence-electron chi connectivity index (χ1n) is 6.37. The Kier molecular flexibility index (Phi) is 5.59. The van der Waals surface area contributed by atoms with E-state index in [9.17, 15) is 0 Å². The summed E-state index contributed by atoms with van der Waals surface area (Å²) in [6, 6.07) is 5.99. The second-order valence-corrected chi connectivity index (χ2v) is 5.32. The van der Waals surface area contributed by atoms with Crippen molar-refractivity contribution in [3.05, 3.63) is 28.2 Å². The van der Waals surface area contributed by atoms with Gasteiger partial charge in [0.15, 0.2) is 0 Å². The van der Waals surface area contributed by atoms with E-state index < -0.39 is 0 Å². The maximum Gasteiger partial charge on any atom is 0.123 e. The van der Waals surface area contributed by atoms with Crippen LogP contribution in [0, 0.1) is 0 Å². The highest BCUT2D eigenvalue weighted by atomic mass is 79.9. The van der Waals surface area contributed by atoms with E-state index in [0.29, 0.717) is 6.54 Å². The van der Waals surface area contributed by atoms with Gasteiger partial charge in [-0.1, -0.05) is 15.9 Å². The fraction of sp³-hybridized carbons (Fsp3) is 0.538. The summed E-state index contributed by atoms with van der Waals surface area (Å²) < 4.78 is 11.8. The molecule has 6 heteroatoms. The summed E-state index contributed by atoms with van der Waals surface area (Å²) >= 11 is 3.49. The number of hydrazine groups is 1. The molecule has 0 aliphatic carbocycles. The summed E-state index contributed by atoms with van der Waals surface area (Å²) in [6.07, 6.45) is 0. The highest BCUT2D eigenvalue weighted by Crippen LogP contribution is 2.28.